The number of rotatable bonds is 5. The van der Waals surface area contributed by atoms with Crippen molar-refractivity contribution >= 4 is 5.97 Å². The van der Waals surface area contributed by atoms with E-state index in [0.717, 1.165) is 32.2 Å². The van der Waals surface area contributed by atoms with Crippen molar-refractivity contribution in [1.29, 1.82) is 0 Å². The zero-order chi connectivity index (χ0) is 12.1. The van der Waals surface area contributed by atoms with E-state index in [4.69, 9.17) is 0 Å². The van der Waals surface area contributed by atoms with E-state index in [0.29, 0.717) is 5.92 Å². The summed E-state index contributed by atoms with van der Waals surface area (Å²) in [7, 11) is 0. The van der Waals surface area contributed by atoms with E-state index in [1.54, 1.807) is 0 Å². The summed E-state index contributed by atoms with van der Waals surface area (Å²) in [6, 6.07) is 10.1. The Bertz CT molecular complexity index is 364. The third kappa shape index (κ3) is 3.56. The average Bonchev–Trinajstić information content (AvgIpc) is 2.79. The van der Waals surface area contributed by atoms with Crippen molar-refractivity contribution in [3.63, 3.8) is 0 Å². The first-order valence-corrected chi connectivity index (χ1v) is 6.34. The molecule has 1 aromatic carbocycles. The number of nitrogens with two attached hydrogens (primary N) is 1. The molecule has 2 atom stereocenters. The van der Waals surface area contributed by atoms with Gasteiger partial charge in [0.05, 0.1) is 12.5 Å². The highest BCUT2D eigenvalue weighted by Crippen LogP contribution is 2.16. The third-order valence-corrected chi connectivity index (χ3v) is 3.56. The molecule has 0 bridgehead atoms. The van der Waals surface area contributed by atoms with Crippen LogP contribution in [0.4, 0.5) is 0 Å². The maximum Gasteiger partial charge on any atom is 0.127 e. The van der Waals surface area contributed by atoms with Gasteiger partial charge in [0.1, 0.15) is 6.04 Å². The van der Waals surface area contributed by atoms with Crippen LogP contribution in [0.15, 0.2) is 30.3 Å². The van der Waals surface area contributed by atoms with E-state index in [9.17, 15) is 9.90 Å². The number of aliphatic carboxylic acids is 1. The quantitative estimate of drug-likeness (QED) is 0.760. The largest absolute Gasteiger partial charge is 0.544 e. The first kappa shape index (κ1) is 12.1. The summed E-state index contributed by atoms with van der Waals surface area (Å²) in [6.07, 6.45) is 4.13. The highest BCUT2D eigenvalue weighted by Gasteiger charge is 2.28. The molecule has 0 spiro atoms. The number of carbonyl (C=O) groups is 1. The molecule has 2 N–H and O–H groups in total. The summed E-state index contributed by atoms with van der Waals surface area (Å²) >= 11 is 0. The van der Waals surface area contributed by atoms with Gasteiger partial charge in [-0.15, -0.1) is 0 Å². The van der Waals surface area contributed by atoms with Gasteiger partial charge in [-0.25, -0.2) is 0 Å². The van der Waals surface area contributed by atoms with Crippen LogP contribution in [-0.2, 0) is 11.2 Å². The summed E-state index contributed by atoms with van der Waals surface area (Å²) < 4.78 is 0. The molecule has 1 aliphatic heterocycles. The maximum absolute atomic E-state index is 10.7. The lowest BCUT2D eigenvalue weighted by atomic mass is 9.97. The lowest BCUT2D eigenvalue weighted by Gasteiger charge is -2.07. The fourth-order valence-corrected chi connectivity index (χ4v) is 2.58. The van der Waals surface area contributed by atoms with Crippen LogP contribution in [0.5, 0.6) is 0 Å². The minimum absolute atomic E-state index is 0.309. The number of benzene rings is 1. The van der Waals surface area contributed by atoms with Crippen molar-refractivity contribution in [2.75, 3.05) is 6.54 Å². The predicted octanol–water partition coefficient (Wildman–Crippen LogP) is -0.289. The molecule has 1 aromatic rings. The molecule has 0 amide bonds. The monoisotopic (exact) mass is 233 g/mol. The lowest BCUT2D eigenvalue weighted by molar-refractivity contribution is -0.666. The minimum Gasteiger partial charge on any atom is -0.544 e. The number of carboxylic acids is 1. The zero-order valence-corrected chi connectivity index (χ0v) is 9.97. The van der Waals surface area contributed by atoms with Gasteiger partial charge in [-0.2, -0.15) is 0 Å². The Labute approximate surface area is 102 Å². The Hall–Kier alpha value is -1.35. The molecule has 0 aliphatic carbocycles. The Morgan fingerprint density at radius 2 is 2.12 bits per heavy atom. The Morgan fingerprint density at radius 1 is 1.35 bits per heavy atom. The van der Waals surface area contributed by atoms with Crippen LogP contribution in [-0.4, -0.2) is 18.6 Å². The predicted molar refractivity (Wildman–Crippen MR) is 63.1 cm³/mol. The molecule has 2 rings (SSSR count). The van der Waals surface area contributed by atoms with Gasteiger partial charge in [-0.05, 0) is 24.8 Å². The smallest absolute Gasteiger partial charge is 0.127 e. The van der Waals surface area contributed by atoms with Crippen molar-refractivity contribution in [3.05, 3.63) is 35.9 Å². The van der Waals surface area contributed by atoms with E-state index in [1.807, 2.05) is 11.4 Å². The zero-order valence-electron chi connectivity index (χ0n) is 9.97. The molecule has 17 heavy (non-hydrogen) atoms. The van der Waals surface area contributed by atoms with Crippen LogP contribution in [0, 0.1) is 5.92 Å². The summed E-state index contributed by atoms with van der Waals surface area (Å²) in [5.41, 5.74) is 1.37. The first-order valence-electron chi connectivity index (χ1n) is 6.34. The van der Waals surface area contributed by atoms with Crippen molar-refractivity contribution in [1.82, 2.24) is 0 Å². The first-order chi connectivity index (χ1) is 8.25. The molecule has 92 valence electrons. The molecule has 1 heterocycles. The molecule has 0 saturated carbocycles. The number of hydrogen-bond donors (Lipinski definition) is 1. The minimum atomic E-state index is -0.907. The number of aryl methyl sites for hydroxylation is 1. The van der Waals surface area contributed by atoms with Gasteiger partial charge in [0, 0.05) is 12.3 Å². The normalized spacial score (nSPS) is 23.8. The third-order valence-electron chi connectivity index (χ3n) is 3.56. The molecular weight excluding hydrogens is 214 g/mol. The van der Waals surface area contributed by atoms with Crippen molar-refractivity contribution < 1.29 is 15.2 Å². The Morgan fingerprint density at radius 3 is 2.76 bits per heavy atom. The molecule has 0 aromatic heterocycles. The lowest BCUT2D eigenvalue weighted by Crippen LogP contribution is -2.90. The van der Waals surface area contributed by atoms with Crippen LogP contribution in [0.3, 0.4) is 0 Å². The van der Waals surface area contributed by atoms with Gasteiger partial charge >= 0.3 is 0 Å². The van der Waals surface area contributed by atoms with E-state index in [2.05, 4.69) is 24.3 Å². The van der Waals surface area contributed by atoms with Crippen LogP contribution in [0.1, 0.15) is 24.8 Å². The molecule has 0 unspecified atom stereocenters. The van der Waals surface area contributed by atoms with Gasteiger partial charge in [-0.3, -0.25) is 0 Å². The molecule has 1 aliphatic rings. The van der Waals surface area contributed by atoms with Gasteiger partial charge in [0.2, 0.25) is 0 Å². The molecular formula is C14H19NO2. The fourth-order valence-electron chi connectivity index (χ4n) is 2.58. The van der Waals surface area contributed by atoms with Crippen molar-refractivity contribution in [3.8, 4) is 0 Å². The van der Waals surface area contributed by atoms with E-state index in [1.165, 1.54) is 5.56 Å². The molecule has 3 heteroatoms. The highest BCUT2D eigenvalue weighted by molar-refractivity contribution is 5.69. The number of hydrogen-bond acceptors (Lipinski definition) is 2. The summed E-state index contributed by atoms with van der Waals surface area (Å²) in [4.78, 5) is 10.7. The summed E-state index contributed by atoms with van der Waals surface area (Å²) in [6.45, 7) is 0.938. The van der Waals surface area contributed by atoms with Crippen LogP contribution < -0.4 is 10.4 Å². The molecule has 1 saturated heterocycles. The summed E-state index contributed by atoms with van der Waals surface area (Å²) in [5, 5.41) is 12.6. The second-order valence-electron chi connectivity index (χ2n) is 4.88. The molecule has 3 nitrogen and oxygen atoms in total. The van der Waals surface area contributed by atoms with Crippen molar-refractivity contribution in [2.45, 2.75) is 31.7 Å². The summed E-state index contributed by atoms with van der Waals surface area (Å²) in [5.74, 6) is -0.364. The molecule has 0 radical (unpaired) electrons. The van der Waals surface area contributed by atoms with Crippen LogP contribution in [0.25, 0.3) is 0 Å². The van der Waals surface area contributed by atoms with Gasteiger partial charge in [0.15, 0.2) is 0 Å². The van der Waals surface area contributed by atoms with E-state index in [-0.39, 0.29) is 6.04 Å². The SMILES string of the molecule is O=C([O-])[C@@H]1C[C@@H](CCCc2ccccc2)C[NH2+]1. The Balaban J connectivity index is 1.68. The van der Waals surface area contributed by atoms with E-state index >= 15 is 0 Å². The van der Waals surface area contributed by atoms with Crippen molar-refractivity contribution in [2.24, 2.45) is 5.92 Å². The Kier molecular flexibility index (Phi) is 4.15. The van der Waals surface area contributed by atoms with Gasteiger partial charge < -0.3 is 15.2 Å². The maximum atomic E-state index is 10.7. The average molecular weight is 233 g/mol. The van der Waals surface area contributed by atoms with Crippen LogP contribution in [0.2, 0.25) is 0 Å². The second-order valence-corrected chi connectivity index (χ2v) is 4.88. The van der Waals surface area contributed by atoms with Crippen LogP contribution >= 0.6 is 0 Å². The van der Waals surface area contributed by atoms with E-state index < -0.39 is 5.97 Å². The topological polar surface area (TPSA) is 56.7 Å². The number of carbonyl (C=O) groups excluding carboxylic acids is 1. The fraction of sp³-hybridized carbons (Fsp3) is 0.500. The number of quaternary nitrogens is 1. The highest BCUT2D eigenvalue weighted by atomic mass is 16.4. The molecule has 1 fully saturated rings. The number of carboxylic acid groups (broad SMARTS) is 1. The van der Waals surface area contributed by atoms with Gasteiger partial charge in [0.25, 0.3) is 0 Å². The standard InChI is InChI=1S/C14H19NO2/c16-14(17)13-9-12(10-15-13)8-4-7-11-5-2-1-3-6-11/h1-3,5-6,12-13,15H,4,7-10H2,(H,16,17)/t12-,13+/m1/s1. The van der Waals surface area contributed by atoms with Gasteiger partial charge in [-0.1, -0.05) is 30.3 Å². The second kappa shape index (κ2) is 5.82.